The van der Waals surface area contributed by atoms with E-state index in [4.69, 9.17) is 0 Å². The third-order valence-electron chi connectivity index (χ3n) is 3.24. The zero-order chi connectivity index (χ0) is 15.8. The monoisotopic (exact) mass is 309 g/mol. The molecule has 0 saturated carbocycles. The Morgan fingerprint density at radius 2 is 2.00 bits per heavy atom. The summed E-state index contributed by atoms with van der Waals surface area (Å²) in [6.07, 6.45) is 0.240. The third kappa shape index (κ3) is 5.79. The molecule has 0 radical (unpaired) electrons. The number of thioether (sulfide) groups is 1. The molecule has 0 unspecified atom stereocenters. The molecule has 0 aliphatic heterocycles. The zero-order valence-electron chi connectivity index (χ0n) is 13.1. The van der Waals surface area contributed by atoms with Gasteiger partial charge in [0, 0.05) is 18.0 Å². The highest BCUT2D eigenvalue weighted by atomic mass is 32.2. The summed E-state index contributed by atoms with van der Waals surface area (Å²) >= 11 is 1.55. The van der Waals surface area contributed by atoms with Crippen LogP contribution >= 0.6 is 11.8 Å². The summed E-state index contributed by atoms with van der Waals surface area (Å²) in [5, 5.41) is 0. The summed E-state index contributed by atoms with van der Waals surface area (Å²) < 4.78 is 4.60. The number of methoxy groups -OCH3 is 1. The lowest BCUT2D eigenvalue weighted by Gasteiger charge is -2.20. The molecule has 116 valence electrons. The second-order valence-electron chi connectivity index (χ2n) is 4.86. The van der Waals surface area contributed by atoms with E-state index in [1.165, 1.54) is 18.2 Å². The fourth-order valence-electron chi connectivity index (χ4n) is 1.88. The van der Waals surface area contributed by atoms with Crippen LogP contribution in [0.15, 0.2) is 23.1 Å². The summed E-state index contributed by atoms with van der Waals surface area (Å²) in [5.41, 5.74) is 2.37. The maximum atomic E-state index is 12.2. The Bertz CT molecular complexity index is 502. The fraction of sp³-hybridized carbons (Fsp3) is 0.500. The molecule has 0 aliphatic rings. The summed E-state index contributed by atoms with van der Waals surface area (Å²) in [7, 11) is 1.36. The van der Waals surface area contributed by atoms with Crippen LogP contribution in [0.3, 0.4) is 0 Å². The third-order valence-corrected chi connectivity index (χ3v) is 4.38. The Balaban J connectivity index is 2.54. The molecule has 0 saturated heterocycles. The van der Waals surface area contributed by atoms with Crippen LogP contribution in [0, 0.1) is 13.8 Å². The average Bonchev–Trinajstić information content (AvgIpc) is 2.48. The van der Waals surface area contributed by atoms with Crippen molar-refractivity contribution >= 4 is 23.6 Å². The van der Waals surface area contributed by atoms with Crippen molar-refractivity contribution in [3.8, 4) is 0 Å². The molecular formula is C16H23NO3S. The molecule has 1 aromatic carbocycles. The van der Waals surface area contributed by atoms with Crippen LogP contribution in [0.5, 0.6) is 0 Å². The number of hydrogen-bond acceptors (Lipinski definition) is 4. The summed E-state index contributed by atoms with van der Waals surface area (Å²) in [5.74, 6) is 0.148. The normalized spacial score (nSPS) is 10.3. The highest BCUT2D eigenvalue weighted by Crippen LogP contribution is 2.23. The van der Waals surface area contributed by atoms with Gasteiger partial charge in [0.2, 0.25) is 5.91 Å². The predicted octanol–water partition coefficient (Wildman–Crippen LogP) is 2.81. The molecule has 0 N–H and O–H groups in total. The smallest absolute Gasteiger partial charge is 0.307 e. The SMILES string of the molecule is CCN(CCC(=O)OC)C(=O)CSc1cc(C)ccc1C. The van der Waals surface area contributed by atoms with Gasteiger partial charge in [-0.1, -0.05) is 17.7 Å². The first-order chi connectivity index (χ1) is 9.97. The molecule has 0 spiro atoms. The molecule has 5 heteroatoms. The Hall–Kier alpha value is -1.49. The Morgan fingerprint density at radius 3 is 2.62 bits per heavy atom. The van der Waals surface area contributed by atoms with Crippen molar-refractivity contribution in [3.05, 3.63) is 29.3 Å². The maximum absolute atomic E-state index is 12.2. The van der Waals surface area contributed by atoms with E-state index < -0.39 is 0 Å². The number of carbonyl (C=O) groups is 2. The predicted molar refractivity (Wildman–Crippen MR) is 85.5 cm³/mol. The first kappa shape index (κ1) is 17.6. The minimum Gasteiger partial charge on any atom is -0.469 e. The minimum atomic E-state index is -0.288. The lowest BCUT2D eigenvalue weighted by atomic mass is 10.2. The quantitative estimate of drug-likeness (QED) is 0.574. The molecule has 21 heavy (non-hydrogen) atoms. The van der Waals surface area contributed by atoms with E-state index in [1.807, 2.05) is 20.8 Å². The van der Waals surface area contributed by atoms with Crippen LogP contribution in [0.2, 0.25) is 0 Å². The van der Waals surface area contributed by atoms with E-state index in [-0.39, 0.29) is 18.3 Å². The summed E-state index contributed by atoms with van der Waals surface area (Å²) in [6, 6.07) is 6.23. The number of carbonyl (C=O) groups excluding carboxylic acids is 2. The molecule has 0 fully saturated rings. The van der Waals surface area contributed by atoms with Crippen LogP contribution in [-0.2, 0) is 14.3 Å². The van der Waals surface area contributed by atoms with E-state index in [2.05, 4.69) is 22.9 Å². The summed E-state index contributed by atoms with van der Waals surface area (Å²) in [4.78, 5) is 26.2. The van der Waals surface area contributed by atoms with Crippen molar-refractivity contribution in [1.29, 1.82) is 0 Å². The largest absolute Gasteiger partial charge is 0.469 e. The van der Waals surface area contributed by atoms with Gasteiger partial charge in [-0.3, -0.25) is 9.59 Å². The molecule has 1 amide bonds. The van der Waals surface area contributed by atoms with Crippen molar-refractivity contribution in [3.63, 3.8) is 0 Å². The Morgan fingerprint density at radius 1 is 1.29 bits per heavy atom. The second-order valence-corrected chi connectivity index (χ2v) is 5.87. The van der Waals surface area contributed by atoms with E-state index >= 15 is 0 Å². The zero-order valence-corrected chi connectivity index (χ0v) is 14.0. The van der Waals surface area contributed by atoms with Gasteiger partial charge in [-0.15, -0.1) is 11.8 Å². The number of hydrogen-bond donors (Lipinski definition) is 0. The van der Waals surface area contributed by atoms with Crippen molar-refractivity contribution in [2.24, 2.45) is 0 Å². The molecular weight excluding hydrogens is 286 g/mol. The second kappa shape index (κ2) is 8.72. The van der Waals surface area contributed by atoms with Crippen LogP contribution < -0.4 is 0 Å². The number of ether oxygens (including phenoxy) is 1. The molecule has 0 aliphatic carbocycles. The van der Waals surface area contributed by atoms with Crippen molar-refractivity contribution in [1.82, 2.24) is 4.90 Å². The van der Waals surface area contributed by atoms with E-state index in [0.717, 1.165) is 4.90 Å². The highest BCUT2D eigenvalue weighted by molar-refractivity contribution is 8.00. The topological polar surface area (TPSA) is 46.6 Å². The van der Waals surface area contributed by atoms with Gasteiger partial charge < -0.3 is 9.64 Å². The van der Waals surface area contributed by atoms with Crippen LogP contribution in [0.25, 0.3) is 0 Å². The lowest BCUT2D eigenvalue weighted by Crippen LogP contribution is -2.34. The van der Waals surface area contributed by atoms with Crippen molar-refractivity contribution in [2.75, 3.05) is 26.0 Å². The highest BCUT2D eigenvalue weighted by Gasteiger charge is 2.14. The molecule has 0 atom stereocenters. The number of rotatable bonds is 7. The standard InChI is InChI=1S/C16H23NO3S/c1-5-17(9-8-16(19)20-4)15(18)11-21-14-10-12(2)6-7-13(14)3/h6-7,10H,5,8-9,11H2,1-4H3. The molecule has 0 aromatic heterocycles. The van der Waals surface area contributed by atoms with Crippen molar-refractivity contribution < 1.29 is 14.3 Å². The van der Waals surface area contributed by atoms with E-state index in [9.17, 15) is 9.59 Å². The number of aryl methyl sites for hydroxylation is 2. The number of amides is 1. The van der Waals surface area contributed by atoms with E-state index in [0.29, 0.717) is 18.8 Å². The minimum absolute atomic E-state index is 0.0484. The number of esters is 1. The number of benzene rings is 1. The van der Waals surface area contributed by atoms with E-state index in [1.54, 1.807) is 16.7 Å². The lowest BCUT2D eigenvalue weighted by molar-refractivity contribution is -0.141. The first-order valence-electron chi connectivity index (χ1n) is 7.02. The Kier molecular flexibility index (Phi) is 7.29. The van der Waals surface area contributed by atoms with Gasteiger partial charge in [-0.25, -0.2) is 0 Å². The molecule has 1 aromatic rings. The molecule has 1 rings (SSSR count). The summed E-state index contributed by atoms with van der Waals surface area (Å²) in [6.45, 7) is 7.01. The van der Waals surface area contributed by atoms with Gasteiger partial charge in [0.15, 0.2) is 0 Å². The van der Waals surface area contributed by atoms with Crippen LogP contribution in [-0.4, -0.2) is 42.7 Å². The Labute approximate surface area is 130 Å². The van der Waals surface area contributed by atoms with Crippen LogP contribution in [0.4, 0.5) is 0 Å². The molecule has 4 nitrogen and oxygen atoms in total. The van der Waals surface area contributed by atoms with Crippen LogP contribution in [0.1, 0.15) is 24.5 Å². The maximum Gasteiger partial charge on any atom is 0.307 e. The fourth-order valence-corrected chi connectivity index (χ4v) is 2.91. The van der Waals surface area contributed by atoms with Crippen molar-refractivity contribution in [2.45, 2.75) is 32.1 Å². The number of nitrogens with zero attached hydrogens (tertiary/aromatic N) is 1. The first-order valence-corrected chi connectivity index (χ1v) is 8.01. The van der Waals surface area contributed by atoms with Gasteiger partial charge >= 0.3 is 5.97 Å². The molecule has 0 heterocycles. The average molecular weight is 309 g/mol. The van der Waals surface area contributed by atoms with Gasteiger partial charge in [0.1, 0.15) is 0 Å². The van der Waals surface area contributed by atoms with Gasteiger partial charge in [-0.2, -0.15) is 0 Å². The van der Waals surface area contributed by atoms with Gasteiger partial charge in [0.05, 0.1) is 19.3 Å². The van der Waals surface area contributed by atoms with Gasteiger partial charge in [0.25, 0.3) is 0 Å². The molecule has 0 bridgehead atoms. The van der Waals surface area contributed by atoms with Gasteiger partial charge in [-0.05, 0) is 32.4 Å².